The van der Waals surface area contributed by atoms with Gasteiger partial charge in [0.1, 0.15) is 6.04 Å². The zero-order valence-electron chi connectivity index (χ0n) is 12.3. The average molecular weight is 309 g/mol. The molecule has 1 aliphatic rings. The first-order valence-corrected chi connectivity index (χ1v) is 6.28. The summed E-state index contributed by atoms with van der Waals surface area (Å²) < 4.78 is 34.1. The van der Waals surface area contributed by atoms with Gasteiger partial charge in [-0.05, 0) is 13.8 Å². The zero-order valence-corrected chi connectivity index (χ0v) is 12.3. The van der Waals surface area contributed by atoms with Gasteiger partial charge in [0.25, 0.3) is 0 Å². The van der Waals surface area contributed by atoms with Gasteiger partial charge < -0.3 is 29.4 Å². The molecular weight excluding hydrogens is 289 g/mol. The molecule has 0 aromatic heterocycles. The molecule has 1 heterocycles. The Kier molecular flexibility index (Phi) is 5.62. The number of hydrogen-bond donors (Lipinski definition) is 2. The van der Waals surface area contributed by atoms with Gasteiger partial charge in [-0.15, -0.1) is 4.39 Å². The van der Waals surface area contributed by atoms with Crippen LogP contribution >= 0.6 is 0 Å². The number of carboxylic acid groups (broad SMARTS) is 1. The van der Waals surface area contributed by atoms with Crippen molar-refractivity contribution in [1.82, 2.24) is 5.32 Å². The van der Waals surface area contributed by atoms with Crippen molar-refractivity contribution in [3.8, 4) is 0 Å². The third kappa shape index (κ3) is 3.88. The summed E-state index contributed by atoms with van der Waals surface area (Å²) in [5.41, 5.74) is 0. The smallest absolute Gasteiger partial charge is 0.398 e. The van der Waals surface area contributed by atoms with Crippen molar-refractivity contribution in [3.63, 3.8) is 0 Å². The molecule has 9 heteroatoms. The second-order valence-electron chi connectivity index (χ2n) is 4.90. The van der Waals surface area contributed by atoms with Crippen molar-refractivity contribution >= 4 is 12.1 Å². The highest BCUT2D eigenvalue weighted by Gasteiger charge is 2.53. The maximum absolute atomic E-state index is 12.3. The summed E-state index contributed by atoms with van der Waals surface area (Å²) in [6.07, 6.45) is -2.81. The Morgan fingerprint density at radius 2 is 1.95 bits per heavy atom. The van der Waals surface area contributed by atoms with Crippen molar-refractivity contribution in [1.29, 1.82) is 0 Å². The highest BCUT2D eigenvalue weighted by atomic mass is 19.1. The number of methoxy groups -OCH3 is 2. The zero-order chi connectivity index (χ0) is 16.3. The van der Waals surface area contributed by atoms with E-state index in [0.717, 1.165) is 0 Å². The van der Waals surface area contributed by atoms with Crippen molar-refractivity contribution < 1.29 is 38.0 Å². The van der Waals surface area contributed by atoms with Crippen molar-refractivity contribution in [2.24, 2.45) is 0 Å². The van der Waals surface area contributed by atoms with Crippen LogP contribution in [0.2, 0.25) is 0 Å². The Balaban J connectivity index is 2.78. The van der Waals surface area contributed by atoms with E-state index in [2.05, 4.69) is 0 Å². The van der Waals surface area contributed by atoms with Crippen molar-refractivity contribution in [2.45, 2.75) is 44.0 Å². The van der Waals surface area contributed by atoms with E-state index in [9.17, 15) is 14.0 Å². The highest BCUT2D eigenvalue weighted by molar-refractivity contribution is 5.79. The lowest BCUT2D eigenvalue weighted by Crippen LogP contribution is -2.63. The lowest BCUT2D eigenvalue weighted by atomic mass is 10.0. The molecule has 1 fully saturated rings. The molecule has 0 bridgehead atoms. The fourth-order valence-corrected chi connectivity index (χ4v) is 2.06. The van der Waals surface area contributed by atoms with Crippen LogP contribution in [0.1, 0.15) is 20.3 Å². The predicted octanol–water partition coefficient (Wildman–Crippen LogP) is 0.649. The van der Waals surface area contributed by atoms with E-state index in [1.165, 1.54) is 14.2 Å². The number of aliphatic carboxylic acids is 1. The van der Waals surface area contributed by atoms with Crippen LogP contribution in [0.15, 0.2) is 0 Å². The molecule has 4 unspecified atom stereocenters. The maximum Gasteiger partial charge on any atom is 0.398 e. The molecule has 0 spiro atoms. The van der Waals surface area contributed by atoms with E-state index in [4.69, 9.17) is 24.1 Å². The molecule has 1 amide bonds. The van der Waals surface area contributed by atoms with Crippen LogP contribution in [0.25, 0.3) is 0 Å². The molecule has 122 valence electrons. The Bertz CT molecular complexity index is 407. The molecule has 4 atom stereocenters. The van der Waals surface area contributed by atoms with E-state index >= 15 is 0 Å². The van der Waals surface area contributed by atoms with Crippen LogP contribution < -0.4 is 5.32 Å². The normalized spacial score (nSPS) is 34.2. The molecule has 0 aliphatic carbocycles. The largest absolute Gasteiger partial charge is 0.480 e. The molecule has 0 aromatic rings. The summed E-state index contributed by atoms with van der Waals surface area (Å²) in [6.45, 7) is 3.20. The fourth-order valence-electron chi connectivity index (χ4n) is 2.06. The highest BCUT2D eigenvalue weighted by Crippen LogP contribution is 2.37. The minimum atomic E-state index is -1.92. The summed E-state index contributed by atoms with van der Waals surface area (Å²) in [4.78, 5) is 21.4. The van der Waals surface area contributed by atoms with Gasteiger partial charge in [-0.1, -0.05) is 0 Å². The molecule has 1 rings (SSSR count). The fraction of sp³-hybridized carbons (Fsp3) is 0.833. The number of halogens is 1. The second-order valence-corrected chi connectivity index (χ2v) is 4.90. The molecule has 1 aliphatic heterocycles. The Morgan fingerprint density at radius 3 is 2.38 bits per heavy atom. The molecule has 0 radical (unpaired) electrons. The summed E-state index contributed by atoms with van der Waals surface area (Å²) in [7, 11) is 2.81. The summed E-state index contributed by atoms with van der Waals surface area (Å²) in [5.74, 6) is -3.84. The predicted molar refractivity (Wildman–Crippen MR) is 67.3 cm³/mol. The van der Waals surface area contributed by atoms with Gasteiger partial charge in [-0.25, -0.2) is 9.59 Å². The second kappa shape index (κ2) is 6.65. The van der Waals surface area contributed by atoms with Gasteiger partial charge in [-0.2, -0.15) is 0 Å². The first kappa shape index (κ1) is 17.8. The number of hydrogen-bond acceptors (Lipinski definition) is 6. The van der Waals surface area contributed by atoms with E-state index in [1.807, 2.05) is 0 Å². The topological polar surface area (TPSA) is 103 Å². The number of carboxylic acids is 1. The minimum absolute atomic E-state index is 0.00915. The Labute approximate surface area is 121 Å². The lowest BCUT2D eigenvalue weighted by molar-refractivity contribution is -0.431. The van der Waals surface area contributed by atoms with Crippen LogP contribution in [0.3, 0.4) is 0 Å². The first-order chi connectivity index (χ1) is 9.67. The number of nitrogens with one attached hydrogen (secondary N) is 1. The van der Waals surface area contributed by atoms with Gasteiger partial charge in [0.2, 0.25) is 11.6 Å². The van der Waals surface area contributed by atoms with E-state index in [-0.39, 0.29) is 13.0 Å². The van der Waals surface area contributed by atoms with Crippen LogP contribution in [0.5, 0.6) is 0 Å². The monoisotopic (exact) mass is 309 g/mol. The summed E-state index contributed by atoms with van der Waals surface area (Å²) in [5, 5.41) is 10.6. The first-order valence-electron chi connectivity index (χ1n) is 6.28. The molecule has 8 nitrogen and oxygen atoms in total. The third-order valence-corrected chi connectivity index (χ3v) is 3.62. The van der Waals surface area contributed by atoms with E-state index in [1.54, 1.807) is 19.2 Å². The number of amides is 1. The summed E-state index contributed by atoms with van der Waals surface area (Å²) in [6, 6.07) is -1.43. The molecule has 0 aromatic carbocycles. The van der Waals surface area contributed by atoms with Crippen molar-refractivity contribution in [3.05, 3.63) is 0 Å². The van der Waals surface area contributed by atoms with Gasteiger partial charge in [0.05, 0.1) is 12.7 Å². The molecule has 0 saturated carbocycles. The van der Waals surface area contributed by atoms with E-state index in [0.29, 0.717) is 0 Å². The molecular formula is C12H20FNO7. The third-order valence-electron chi connectivity index (χ3n) is 3.62. The molecule has 1 saturated heterocycles. The van der Waals surface area contributed by atoms with Crippen LogP contribution in [0.4, 0.5) is 9.18 Å². The van der Waals surface area contributed by atoms with Gasteiger partial charge in [-0.3, -0.25) is 0 Å². The van der Waals surface area contributed by atoms with Gasteiger partial charge >= 0.3 is 12.1 Å². The maximum atomic E-state index is 12.3. The quantitative estimate of drug-likeness (QED) is 0.548. The Morgan fingerprint density at radius 1 is 1.38 bits per heavy atom. The molecule has 21 heavy (non-hydrogen) atoms. The Hall–Kier alpha value is -1.29. The lowest BCUT2D eigenvalue weighted by Gasteiger charge is -2.49. The molecule has 2 N–H and O–H groups in total. The average Bonchev–Trinajstić information content (AvgIpc) is 2.41. The number of rotatable bonds is 6. The van der Waals surface area contributed by atoms with Crippen molar-refractivity contribution in [2.75, 3.05) is 20.8 Å². The van der Waals surface area contributed by atoms with Gasteiger partial charge in [0.15, 0.2) is 0 Å². The minimum Gasteiger partial charge on any atom is -0.480 e. The van der Waals surface area contributed by atoms with Crippen LogP contribution in [0, 0.1) is 0 Å². The van der Waals surface area contributed by atoms with Gasteiger partial charge in [0, 0.05) is 20.6 Å². The van der Waals surface area contributed by atoms with E-state index < -0.39 is 35.9 Å². The van der Waals surface area contributed by atoms with Crippen LogP contribution in [-0.4, -0.2) is 61.8 Å². The SMILES string of the molecule is COC1(C)OCC(CC(NC(=O)F)C(=O)O)OC1(C)OC. The number of carbonyl (C=O) groups excluding carboxylic acids is 1. The summed E-state index contributed by atoms with van der Waals surface area (Å²) >= 11 is 0. The number of carbonyl (C=O) groups is 2. The number of ether oxygens (including phenoxy) is 4. The van der Waals surface area contributed by atoms with Crippen LogP contribution in [-0.2, 0) is 23.7 Å². The standard InChI is InChI=1S/C12H20FNO7/c1-11(18-3)12(2,19-4)21-7(6-20-11)5-8(9(15)16)14-10(13)17/h7-8H,5-6H2,1-4H3,(H,14,17)(H,15,16).